The van der Waals surface area contributed by atoms with Crippen molar-refractivity contribution < 1.29 is 0 Å². The van der Waals surface area contributed by atoms with E-state index in [1.54, 1.807) is 0 Å². The van der Waals surface area contributed by atoms with Crippen LogP contribution >= 0.6 is 0 Å². The molecule has 1 aliphatic heterocycles. The Kier molecular flexibility index (Phi) is 8.39. The lowest BCUT2D eigenvalue weighted by Gasteiger charge is -2.20. The minimum Gasteiger partial charge on any atom is -0.286 e. The quantitative estimate of drug-likeness (QED) is 0.646. The number of hydrogen-bond acceptors (Lipinski definition) is 1. The van der Waals surface area contributed by atoms with Crippen LogP contribution in [0.25, 0.3) is 0 Å². The smallest absolute Gasteiger partial charge is 0.0530 e. The Hall–Kier alpha value is -1.11. The minimum absolute atomic E-state index is 0.543. The molecule has 1 unspecified atom stereocenters. The monoisotopic (exact) mass is 233 g/mol. The van der Waals surface area contributed by atoms with Crippen molar-refractivity contribution >= 4 is 5.71 Å². The van der Waals surface area contributed by atoms with Crippen LogP contribution in [-0.2, 0) is 0 Å². The van der Waals surface area contributed by atoms with E-state index in [1.165, 1.54) is 23.3 Å². The lowest BCUT2D eigenvalue weighted by atomic mass is 9.97. The van der Waals surface area contributed by atoms with E-state index in [1.807, 2.05) is 13.8 Å². The van der Waals surface area contributed by atoms with Gasteiger partial charge in [-0.25, -0.2) is 0 Å². The Balaban J connectivity index is 0.000000450. The van der Waals surface area contributed by atoms with E-state index >= 15 is 0 Å². The molecule has 0 N–H and O–H groups in total. The molecule has 1 heterocycles. The number of benzene rings is 1. The molecule has 2 rings (SSSR count). The molecule has 0 aromatic heterocycles. The van der Waals surface area contributed by atoms with Gasteiger partial charge in [0.15, 0.2) is 0 Å². The lowest BCUT2D eigenvalue weighted by molar-refractivity contribution is 0.715. The van der Waals surface area contributed by atoms with Gasteiger partial charge in [0.05, 0.1) is 6.04 Å². The molecule has 0 fully saturated rings. The summed E-state index contributed by atoms with van der Waals surface area (Å²) in [5.41, 5.74) is 3.87. The van der Waals surface area contributed by atoms with Gasteiger partial charge in [-0.3, -0.25) is 4.99 Å². The molecule has 0 amide bonds. The molecule has 1 nitrogen and oxygen atoms in total. The SMILES string of the molecule is CC.CCC.Cc1ccc(C2=NC(C)C2)cc1. The summed E-state index contributed by atoms with van der Waals surface area (Å²) in [6.07, 6.45) is 2.39. The Labute approximate surface area is 107 Å². The zero-order valence-electron chi connectivity index (χ0n) is 12.2. The van der Waals surface area contributed by atoms with Crippen LogP contribution in [0.3, 0.4) is 0 Å². The normalized spacial score (nSPS) is 16.6. The van der Waals surface area contributed by atoms with Gasteiger partial charge in [0.1, 0.15) is 0 Å². The molecule has 0 saturated heterocycles. The second kappa shape index (κ2) is 8.98. The third-order valence-corrected chi connectivity index (χ3v) is 2.25. The number of aryl methyl sites for hydroxylation is 1. The van der Waals surface area contributed by atoms with E-state index in [-0.39, 0.29) is 0 Å². The van der Waals surface area contributed by atoms with Gasteiger partial charge in [-0.1, -0.05) is 63.9 Å². The summed E-state index contributed by atoms with van der Waals surface area (Å²) in [7, 11) is 0. The molecule has 1 heteroatoms. The second-order valence-corrected chi connectivity index (χ2v) is 4.20. The maximum absolute atomic E-state index is 4.44. The van der Waals surface area contributed by atoms with Crippen LogP contribution in [-0.4, -0.2) is 11.8 Å². The van der Waals surface area contributed by atoms with Crippen LogP contribution in [0.15, 0.2) is 29.3 Å². The van der Waals surface area contributed by atoms with E-state index in [9.17, 15) is 0 Å². The number of hydrogen-bond donors (Lipinski definition) is 0. The molecular formula is C16H27N. The largest absolute Gasteiger partial charge is 0.286 e. The summed E-state index contributed by atoms with van der Waals surface area (Å²) >= 11 is 0. The van der Waals surface area contributed by atoms with Crippen molar-refractivity contribution in [1.82, 2.24) is 0 Å². The molecule has 0 saturated carbocycles. The highest BCUT2D eigenvalue weighted by molar-refractivity contribution is 6.04. The summed E-state index contributed by atoms with van der Waals surface area (Å²) in [6, 6.07) is 9.13. The van der Waals surface area contributed by atoms with Gasteiger partial charge in [-0.2, -0.15) is 0 Å². The van der Waals surface area contributed by atoms with Crippen molar-refractivity contribution in [2.45, 2.75) is 60.4 Å². The van der Waals surface area contributed by atoms with Crippen LogP contribution in [0, 0.1) is 6.92 Å². The topological polar surface area (TPSA) is 12.4 Å². The molecule has 1 aromatic rings. The standard InChI is InChI=1S/C11H13N.C3H8.C2H6/c1-8-3-5-10(6-4-8)11-7-9(2)12-11;1-3-2;1-2/h3-6,9H,7H2,1-2H3;3H2,1-2H3;1-2H3. The third kappa shape index (κ3) is 5.67. The molecule has 96 valence electrons. The summed E-state index contributed by atoms with van der Waals surface area (Å²) in [5.74, 6) is 0. The summed E-state index contributed by atoms with van der Waals surface area (Å²) in [5, 5.41) is 0. The van der Waals surface area contributed by atoms with E-state index in [0.29, 0.717) is 6.04 Å². The third-order valence-electron chi connectivity index (χ3n) is 2.25. The average molecular weight is 233 g/mol. The Morgan fingerprint density at radius 3 is 1.88 bits per heavy atom. The van der Waals surface area contributed by atoms with Crippen molar-refractivity contribution in [3.63, 3.8) is 0 Å². The van der Waals surface area contributed by atoms with E-state index in [0.717, 1.165) is 6.42 Å². The number of rotatable bonds is 1. The molecule has 1 aliphatic rings. The van der Waals surface area contributed by atoms with Crippen molar-refractivity contribution in [2.75, 3.05) is 0 Å². The lowest BCUT2D eigenvalue weighted by Crippen LogP contribution is -2.21. The molecular weight excluding hydrogens is 206 g/mol. The first-order chi connectivity index (χ1) is 8.17. The first-order valence-corrected chi connectivity index (χ1v) is 6.81. The van der Waals surface area contributed by atoms with Crippen molar-refractivity contribution in [1.29, 1.82) is 0 Å². The zero-order chi connectivity index (χ0) is 13.3. The Morgan fingerprint density at radius 1 is 1.12 bits per heavy atom. The Morgan fingerprint density at radius 2 is 1.53 bits per heavy atom. The summed E-state index contributed by atoms with van der Waals surface area (Å²) < 4.78 is 0. The van der Waals surface area contributed by atoms with Crippen LogP contribution in [0.1, 0.15) is 58.6 Å². The first kappa shape index (κ1) is 15.9. The molecule has 0 bridgehead atoms. The van der Waals surface area contributed by atoms with Crippen molar-refractivity contribution in [3.05, 3.63) is 35.4 Å². The molecule has 0 spiro atoms. The van der Waals surface area contributed by atoms with Crippen LogP contribution in [0.2, 0.25) is 0 Å². The van der Waals surface area contributed by atoms with Crippen LogP contribution < -0.4 is 0 Å². The van der Waals surface area contributed by atoms with E-state index < -0.39 is 0 Å². The predicted octanol–water partition coefficient (Wildman–Crippen LogP) is 5.02. The summed E-state index contributed by atoms with van der Waals surface area (Å²) in [4.78, 5) is 4.44. The fraction of sp³-hybridized carbons (Fsp3) is 0.562. The predicted molar refractivity (Wildman–Crippen MR) is 79.1 cm³/mol. The van der Waals surface area contributed by atoms with Crippen molar-refractivity contribution in [2.24, 2.45) is 4.99 Å². The van der Waals surface area contributed by atoms with Gasteiger partial charge >= 0.3 is 0 Å². The highest BCUT2D eigenvalue weighted by Crippen LogP contribution is 2.18. The van der Waals surface area contributed by atoms with Crippen LogP contribution in [0.4, 0.5) is 0 Å². The zero-order valence-corrected chi connectivity index (χ0v) is 12.2. The van der Waals surface area contributed by atoms with Gasteiger partial charge in [-0.15, -0.1) is 0 Å². The number of aliphatic imine (C=N–C) groups is 1. The Bertz CT molecular complexity index is 322. The van der Waals surface area contributed by atoms with Crippen LogP contribution in [0.5, 0.6) is 0 Å². The fourth-order valence-corrected chi connectivity index (χ4v) is 1.47. The molecule has 1 atom stereocenters. The maximum Gasteiger partial charge on any atom is 0.0530 e. The van der Waals surface area contributed by atoms with Gasteiger partial charge in [0, 0.05) is 12.1 Å². The average Bonchev–Trinajstić information content (AvgIpc) is 2.30. The fourth-order valence-electron chi connectivity index (χ4n) is 1.47. The highest BCUT2D eigenvalue weighted by atomic mass is 14.9. The second-order valence-electron chi connectivity index (χ2n) is 4.20. The minimum atomic E-state index is 0.543. The van der Waals surface area contributed by atoms with E-state index in [4.69, 9.17) is 0 Å². The molecule has 17 heavy (non-hydrogen) atoms. The van der Waals surface area contributed by atoms with Gasteiger partial charge in [-0.05, 0) is 19.4 Å². The summed E-state index contributed by atoms with van der Waals surface area (Å²) in [6.45, 7) is 12.5. The maximum atomic E-state index is 4.44. The van der Waals surface area contributed by atoms with E-state index in [2.05, 4.69) is 57.0 Å². The number of nitrogens with zero attached hydrogens (tertiary/aromatic N) is 1. The highest BCUT2D eigenvalue weighted by Gasteiger charge is 2.16. The van der Waals surface area contributed by atoms with Gasteiger partial charge < -0.3 is 0 Å². The molecule has 0 radical (unpaired) electrons. The first-order valence-electron chi connectivity index (χ1n) is 6.81. The molecule has 0 aliphatic carbocycles. The molecule has 1 aromatic carbocycles. The van der Waals surface area contributed by atoms with Gasteiger partial charge in [0.25, 0.3) is 0 Å². The van der Waals surface area contributed by atoms with Gasteiger partial charge in [0.2, 0.25) is 0 Å². The van der Waals surface area contributed by atoms with Crippen molar-refractivity contribution in [3.8, 4) is 0 Å².